The first-order valence-corrected chi connectivity index (χ1v) is 12.5. The first-order chi connectivity index (χ1) is 13.7. The Morgan fingerprint density at radius 1 is 1.31 bits per heavy atom. The number of anilines is 1. The molecule has 2 heterocycles. The summed E-state index contributed by atoms with van der Waals surface area (Å²) >= 11 is 1.37. The predicted octanol–water partition coefficient (Wildman–Crippen LogP) is 2.46. The standard InChI is InChI=1S/C20H29N3O4S2/c1-4-15(3)21-19(24)12-23-17-11-16(5-6-18(17)28-13-20(23)25)29(26,27)22-9-7-14(2)8-10-22/h5-6,11,14-15H,4,7-10,12-13H2,1-3H3,(H,21,24)/t15-/m1/s1. The summed E-state index contributed by atoms with van der Waals surface area (Å²) < 4.78 is 27.7. The maximum Gasteiger partial charge on any atom is 0.243 e. The topological polar surface area (TPSA) is 86.8 Å². The van der Waals surface area contributed by atoms with Gasteiger partial charge in [-0.1, -0.05) is 13.8 Å². The van der Waals surface area contributed by atoms with E-state index in [1.54, 1.807) is 18.2 Å². The van der Waals surface area contributed by atoms with E-state index in [2.05, 4.69) is 12.2 Å². The Morgan fingerprint density at radius 2 is 2.00 bits per heavy atom. The van der Waals surface area contributed by atoms with E-state index in [1.165, 1.54) is 21.0 Å². The number of nitrogens with zero attached hydrogens (tertiary/aromatic N) is 2. The molecule has 1 aromatic carbocycles. The first kappa shape index (κ1) is 22.1. The molecule has 0 spiro atoms. The van der Waals surface area contributed by atoms with Crippen LogP contribution in [0, 0.1) is 5.92 Å². The lowest BCUT2D eigenvalue weighted by atomic mass is 10.0. The highest BCUT2D eigenvalue weighted by atomic mass is 32.2. The molecule has 1 saturated heterocycles. The summed E-state index contributed by atoms with van der Waals surface area (Å²) in [5.74, 6) is 0.324. The highest BCUT2D eigenvalue weighted by molar-refractivity contribution is 8.00. The lowest BCUT2D eigenvalue weighted by molar-refractivity contribution is -0.123. The fourth-order valence-corrected chi connectivity index (χ4v) is 5.86. The summed E-state index contributed by atoms with van der Waals surface area (Å²) in [5, 5.41) is 2.86. The van der Waals surface area contributed by atoms with Crippen LogP contribution in [0.2, 0.25) is 0 Å². The molecule has 0 radical (unpaired) electrons. The Kier molecular flexibility index (Phi) is 6.90. The van der Waals surface area contributed by atoms with Crippen LogP contribution in [0.3, 0.4) is 0 Å². The number of benzene rings is 1. The molecule has 0 saturated carbocycles. The second-order valence-electron chi connectivity index (χ2n) is 7.86. The van der Waals surface area contributed by atoms with Gasteiger partial charge in [0.05, 0.1) is 16.3 Å². The summed E-state index contributed by atoms with van der Waals surface area (Å²) in [4.78, 5) is 27.3. The third kappa shape index (κ3) is 4.95. The summed E-state index contributed by atoms with van der Waals surface area (Å²) in [6, 6.07) is 4.91. The number of thioether (sulfide) groups is 1. The van der Waals surface area contributed by atoms with E-state index in [-0.39, 0.29) is 35.0 Å². The third-order valence-corrected chi connectivity index (χ3v) is 8.52. The minimum Gasteiger partial charge on any atom is -0.352 e. The van der Waals surface area contributed by atoms with Gasteiger partial charge in [-0.3, -0.25) is 9.59 Å². The minimum absolute atomic E-state index is 0.0180. The van der Waals surface area contributed by atoms with Crippen molar-refractivity contribution in [3.8, 4) is 0 Å². The van der Waals surface area contributed by atoms with Crippen LogP contribution in [0.5, 0.6) is 0 Å². The molecule has 2 aliphatic rings. The van der Waals surface area contributed by atoms with Gasteiger partial charge in [-0.05, 0) is 50.3 Å². The SMILES string of the molecule is CC[C@@H](C)NC(=O)CN1C(=O)CSc2ccc(S(=O)(=O)N3CCC(C)CC3)cc21. The average Bonchev–Trinajstić information content (AvgIpc) is 2.70. The van der Waals surface area contributed by atoms with E-state index >= 15 is 0 Å². The molecule has 3 rings (SSSR count). The summed E-state index contributed by atoms with van der Waals surface area (Å²) in [7, 11) is -3.63. The van der Waals surface area contributed by atoms with Crippen LogP contribution >= 0.6 is 11.8 Å². The minimum atomic E-state index is -3.63. The number of carbonyl (C=O) groups is 2. The van der Waals surface area contributed by atoms with Gasteiger partial charge in [0.15, 0.2) is 0 Å². The Labute approximate surface area is 177 Å². The van der Waals surface area contributed by atoms with E-state index in [0.717, 1.165) is 24.2 Å². The highest BCUT2D eigenvalue weighted by Crippen LogP contribution is 2.37. The Hall–Kier alpha value is -1.58. The number of piperidine rings is 1. The van der Waals surface area contributed by atoms with Gasteiger partial charge in [-0.15, -0.1) is 11.8 Å². The molecule has 2 aliphatic heterocycles. The van der Waals surface area contributed by atoms with Crippen LogP contribution in [-0.4, -0.2) is 56.0 Å². The van der Waals surface area contributed by atoms with Crippen LogP contribution in [0.4, 0.5) is 5.69 Å². The molecule has 1 fully saturated rings. The zero-order valence-electron chi connectivity index (χ0n) is 17.2. The largest absolute Gasteiger partial charge is 0.352 e. The first-order valence-electron chi connectivity index (χ1n) is 10.1. The number of fused-ring (bicyclic) bond motifs is 1. The van der Waals surface area contributed by atoms with Gasteiger partial charge in [0.1, 0.15) is 6.54 Å². The van der Waals surface area contributed by atoms with Crippen molar-refractivity contribution in [3.63, 3.8) is 0 Å². The number of sulfonamides is 1. The van der Waals surface area contributed by atoms with Crippen molar-refractivity contribution in [1.29, 1.82) is 0 Å². The lowest BCUT2D eigenvalue weighted by Crippen LogP contribution is -2.45. The van der Waals surface area contributed by atoms with Crippen LogP contribution in [0.1, 0.15) is 40.0 Å². The van der Waals surface area contributed by atoms with Crippen molar-refractivity contribution in [3.05, 3.63) is 18.2 Å². The molecule has 160 valence electrons. The quantitative estimate of drug-likeness (QED) is 0.736. The van der Waals surface area contributed by atoms with E-state index in [9.17, 15) is 18.0 Å². The molecular weight excluding hydrogens is 410 g/mol. The second-order valence-corrected chi connectivity index (χ2v) is 10.8. The van der Waals surface area contributed by atoms with Gasteiger partial charge in [0.2, 0.25) is 21.8 Å². The molecule has 1 aromatic rings. The molecule has 0 unspecified atom stereocenters. The van der Waals surface area contributed by atoms with Crippen molar-refractivity contribution >= 4 is 39.3 Å². The Bertz CT molecular complexity index is 880. The Balaban J connectivity index is 1.86. The monoisotopic (exact) mass is 439 g/mol. The number of amides is 2. The zero-order valence-corrected chi connectivity index (χ0v) is 18.8. The maximum atomic E-state index is 13.1. The third-order valence-electron chi connectivity index (χ3n) is 5.58. The number of carbonyl (C=O) groups excluding carboxylic acids is 2. The number of nitrogens with one attached hydrogen (secondary N) is 1. The van der Waals surface area contributed by atoms with Gasteiger partial charge < -0.3 is 10.2 Å². The van der Waals surface area contributed by atoms with Crippen molar-refractivity contribution < 1.29 is 18.0 Å². The number of hydrogen-bond acceptors (Lipinski definition) is 5. The molecule has 1 N–H and O–H groups in total. The van der Waals surface area contributed by atoms with Crippen LogP contribution in [-0.2, 0) is 19.6 Å². The van der Waals surface area contributed by atoms with Crippen molar-refractivity contribution in [1.82, 2.24) is 9.62 Å². The number of rotatable bonds is 6. The molecular formula is C20H29N3O4S2. The average molecular weight is 440 g/mol. The van der Waals surface area contributed by atoms with Gasteiger partial charge in [-0.25, -0.2) is 8.42 Å². The lowest BCUT2D eigenvalue weighted by Gasteiger charge is -2.31. The van der Waals surface area contributed by atoms with Crippen molar-refractivity contribution in [2.24, 2.45) is 5.92 Å². The normalized spacial score (nSPS) is 19.7. The maximum absolute atomic E-state index is 13.1. The summed E-state index contributed by atoms with van der Waals surface area (Å²) in [6.07, 6.45) is 2.49. The smallest absolute Gasteiger partial charge is 0.243 e. The summed E-state index contributed by atoms with van der Waals surface area (Å²) in [6.45, 7) is 6.92. The summed E-state index contributed by atoms with van der Waals surface area (Å²) in [5.41, 5.74) is 0.497. The highest BCUT2D eigenvalue weighted by Gasteiger charge is 2.32. The van der Waals surface area contributed by atoms with Crippen LogP contribution in [0.15, 0.2) is 28.0 Å². The molecule has 0 bridgehead atoms. The van der Waals surface area contributed by atoms with Gasteiger partial charge in [-0.2, -0.15) is 4.31 Å². The molecule has 7 nitrogen and oxygen atoms in total. The van der Waals surface area contributed by atoms with E-state index in [4.69, 9.17) is 0 Å². The second kappa shape index (κ2) is 9.06. The zero-order chi connectivity index (χ0) is 21.2. The van der Waals surface area contributed by atoms with Crippen LogP contribution in [0.25, 0.3) is 0 Å². The molecule has 0 aromatic heterocycles. The van der Waals surface area contributed by atoms with E-state index in [1.807, 2.05) is 13.8 Å². The molecule has 0 aliphatic carbocycles. The van der Waals surface area contributed by atoms with Crippen LogP contribution < -0.4 is 10.2 Å². The van der Waals surface area contributed by atoms with Crippen molar-refractivity contribution in [2.45, 2.75) is 55.9 Å². The van der Waals surface area contributed by atoms with Gasteiger partial charge in [0, 0.05) is 24.0 Å². The molecule has 29 heavy (non-hydrogen) atoms. The van der Waals surface area contributed by atoms with Gasteiger partial charge >= 0.3 is 0 Å². The Morgan fingerprint density at radius 3 is 2.66 bits per heavy atom. The van der Waals surface area contributed by atoms with Gasteiger partial charge in [0.25, 0.3) is 0 Å². The number of hydrogen-bond donors (Lipinski definition) is 1. The fraction of sp³-hybridized carbons (Fsp3) is 0.600. The molecule has 1 atom stereocenters. The van der Waals surface area contributed by atoms with E-state index in [0.29, 0.717) is 24.7 Å². The molecule has 9 heteroatoms. The molecule has 2 amide bonds. The van der Waals surface area contributed by atoms with E-state index < -0.39 is 10.0 Å². The van der Waals surface area contributed by atoms with Crippen molar-refractivity contribution in [2.75, 3.05) is 30.3 Å². The fourth-order valence-electron chi connectivity index (χ4n) is 3.46. The predicted molar refractivity (Wildman–Crippen MR) is 115 cm³/mol.